The highest BCUT2D eigenvalue weighted by molar-refractivity contribution is 7.71. The number of benzene rings is 2. The summed E-state index contributed by atoms with van der Waals surface area (Å²) >= 11 is 5.36. The number of halogens is 1. The van der Waals surface area contributed by atoms with Gasteiger partial charge < -0.3 is 14.5 Å². The van der Waals surface area contributed by atoms with Gasteiger partial charge in [0.1, 0.15) is 5.82 Å². The Morgan fingerprint density at radius 2 is 1.70 bits per heavy atom. The Labute approximate surface area is 138 Å². The van der Waals surface area contributed by atoms with E-state index < -0.39 is 0 Å². The average Bonchev–Trinajstić information content (AvgIpc) is 2.96. The van der Waals surface area contributed by atoms with Crippen LogP contribution in [0.3, 0.4) is 0 Å². The molecule has 0 saturated carbocycles. The minimum Gasteiger partial charge on any atom is -0.493 e. The van der Waals surface area contributed by atoms with Gasteiger partial charge in [-0.05, 0) is 54.7 Å². The van der Waals surface area contributed by atoms with Crippen LogP contribution >= 0.6 is 12.2 Å². The van der Waals surface area contributed by atoms with Crippen LogP contribution in [0.5, 0.6) is 11.5 Å². The lowest BCUT2D eigenvalue weighted by Crippen LogP contribution is -1.92. The van der Waals surface area contributed by atoms with Gasteiger partial charge in [0, 0.05) is 17.4 Å². The lowest BCUT2D eigenvalue weighted by atomic mass is 10.1. The average molecular weight is 330 g/mol. The first-order valence-electron chi connectivity index (χ1n) is 6.92. The molecule has 2 aromatic carbocycles. The van der Waals surface area contributed by atoms with Crippen LogP contribution in [0.15, 0.2) is 48.7 Å². The monoisotopic (exact) mass is 330 g/mol. The number of rotatable bonds is 4. The molecule has 118 valence electrons. The molecule has 0 unspecified atom stereocenters. The highest BCUT2D eigenvalue weighted by atomic mass is 32.1. The van der Waals surface area contributed by atoms with Gasteiger partial charge in [0.25, 0.3) is 0 Å². The molecule has 1 aromatic heterocycles. The van der Waals surface area contributed by atoms with E-state index in [9.17, 15) is 4.39 Å². The van der Waals surface area contributed by atoms with E-state index in [0.29, 0.717) is 16.3 Å². The molecule has 0 saturated heterocycles. The van der Waals surface area contributed by atoms with Crippen LogP contribution in [-0.2, 0) is 0 Å². The fraction of sp³-hybridized carbons (Fsp3) is 0.118. The second-order valence-electron chi connectivity index (χ2n) is 4.89. The fourth-order valence-corrected chi connectivity index (χ4v) is 2.61. The molecular formula is C17H15FN2O2S. The molecule has 1 heterocycles. The topological polar surface area (TPSA) is 39.2 Å². The largest absolute Gasteiger partial charge is 0.493 e. The zero-order valence-electron chi connectivity index (χ0n) is 12.7. The van der Waals surface area contributed by atoms with Gasteiger partial charge in [-0.1, -0.05) is 0 Å². The minimum atomic E-state index is -0.282. The van der Waals surface area contributed by atoms with Crippen molar-refractivity contribution < 1.29 is 13.9 Å². The fourth-order valence-electron chi connectivity index (χ4n) is 2.34. The number of ether oxygens (including phenoxy) is 2. The minimum absolute atomic E-state index is 0.282. The predicted octanol–water partition coefficient (Wildman–Crippen LogP) is 4.36. The number of imidazole rings is 1. The van der Waals surface area contributed by atoms with Crippen LogP contribution in [-0.4, -0.2) is 23.8 Å². The SMILES string of the molecule is COc1ccc(-c2cn(-c3ccc(F)cc3)c(=S)[nH]2)cc1OC. The van der Waals surface area contributed by atoms with E-state index in [1.807, 2.05) is 24.4 Å². The summed E-state index contributed by atoms with van der Waals surface area (Å²) in [5.41, 5.74) is 2.54. The van der Waals surface area contributed by atoms with Gasteiger partial charge in [-0.3, -0.25) is 4.57 Å². The number of nitrogens with zero attached hydrogens (tertiary/aromatic N) is 1. The van der Waals surface area contributed by atoms with Gasteiger partial charge in [0.05, 0.1) is 19.9 Å². The third-order valence-corrected chi connectivity index (χ3v) is 3.82. The van der Waals surface area contributed by atoms with Crippen LogP contribution in [0.2, 0.25) is 0 Å². The highest BCUT2D eigenvalue weighted by Gasteiger charge is 2.09. The van der Waals surface area contributed by atoms with Crippen molar-refractivity contribution >= 4 is 12.2 Å². The first-order chi connectivity index (χ1) is 11.1. The quantitative estimate of drug-likeness (QED) is 0.723. The molecule has 4 nitrogen and oxygen atoms in total. The first kappa shape index (κ1) is 15.3. The smallest absolute Gasteiger partial charge is 0.182 e. The van der Waals surface area contributed by atoms with E-state index in [1.165, 1.54) is 12.1 Å². The Kier molecular flexibility index (Phi) is 4.16. The number of methoxy groups -OCH3 is 2. The molecule has 0 aliphatic heterocycles. The molecule has 23 heavy (non-hydrogen) atoms. The third-order valence-electron chi connectivity index (χ3n) is 3.52. The molecule has 3 rings (SSSR count). The standard InChI is InChI=1S/C17H15FN2O2S/c1-21-15-8-3-11(9-16(15)22-2)14-10-20(17(23)19-14)13-6-4-12(18)5-7-13/h3-10H,1-2H3,(H,19,23). The Morgan fingerprint density at radius 1 is 1.00 bits per heavy atom. The van der Waals surface area contributed by atoms with E-state index in [1.54, 1.807) is 30.9 Å². The van der Waals surface area contributed by atoms with E-state index in [-0.39, 0.29) is 5.82 Å². The molecule has 0 radical (unpaired) electrons. The molecule has 0 spiro atoms. The van der Waals surface area contributed by atoms with E-state index in [2.05, 4.69) is 4.98 Å². The molecule has 0 atom stereocenters. The summed E-state index contributed by atoms with van der Waals surface area (Å²) in [6, 6.07) is 11.8. The van der Waals surface area contributed by atoms with E-state index in [0.717, 1.165) is 16.9 Å². The Bertz CT molecular complexity index is 884. The van der Waals surface area contributed by atoms with Gasteiger partial charge in [-0.15, -0.1) is 0 Å². The summed E-state index contributed by atoms with van der Waals surface area (Å²) < 4.78 is 25.9. The number of hydrogen-bond acceptors (Lipinski definition) is 3. The molecule has 0 fully saturated rings. The van der Waals surface area contributed by atoms with Crippen molar-refractivity contribution in [2.45, 2.75) is 0 Å². The summed E-state index contributed by atoms with van der Waals surface area (Å²) in [5, 5.41) is 0. The van der Waals surface area contributed by atoms with Gasteiger partial charge in [-0.2, -0.15) is 0 Å². The van der Waals surface area contributed by atoms with Crippen molar-refractivity contribution in [3.8, 4) is 28.4 Å². The number of aromatic nitrogens is 2. The lowest BCUT2D eigenvalue weighted by molar-refractivity contribution is 0.355. The van der Waals surface area contributed by atoms with E-state index in [4.69, 9.17) is 21.7 Å². The van der Waals surface area contributed by atoms with Crippen molar-refractivity contribution in [1.29, 1.82) is 0 Å². The zero-order chi connectivity index (χ0) is 16.4. The summed E-state index contributed by atoms with van der Waals surface area (Å²) in [4.78, 5) is 3.15. The molecular weight excluding hydrogens is 315 g/mol. The highest BCUT2D eigenvalue weighted by Crippen LogP contribution is 2.32. The van der Waals surface area contributed by atoms with Crippen molar-refractivity contribution in [2.24, 2.45) is 0 Å². The van der Waals surface area contributed by atoms with Crippen LogP contribution < -0.4 is 9.47 Å². The van der Waals surface area contributed by atoms with Gasteiger partial charge in [0.15, 0.2) is 16.3 Å². The molecule has 0 bridgehead atoms. The molecule has 1 N–H and O–H groups in total. The van der Waals surface area contributed by atoms with Crippen molar-refractivity contribution in [2.75, 3.05) is 14.2 Å². The lowest BCUT2D eigenvalue weighted by Gasteiger charge is -2.08. The molecule has 0 aliphatic carbocycles. The number of nitrogens with one attached hydrogen (secondary N) is 1. The molecule has 0 aliphatic rings. The zero-order valence-corrected chi connectivity index (χ0v) is 13.5. The maximum absolute atomic E-state index is 13.1. The maximum atomic E-state index is 13.1. The maximum Gasteiger partial charge on any atom is 0.182 e. The van der Waals surface area contributed by atoms with Gasteiger partial charge >= 0.3 is 0 Å². The Balaban J connectivity index is 2.04. The van der Waals surface area contributed by atoms with Crippen LogP contribution in [0.4, 0.5) is 4.39 Å². The van der Waals surface area contributed by atoms with Crippen molar-refractivity contribution in [3.05, 3.63) is 59.2 Å². The Morgan fingerprint density at radius 3 is 2.35 bits per heavy atom. The number of aromatic amines is 1. The van der Waals surface area contributed by atoms with Crippen LogP contribution in [0.1, 0.15) is 0 Å². The van der Waals surface area contributed by atoms with Crippen molar-refractivity contribution in [1.82, 2.24) is 9.55 Å². The number of hydrogen-bond donors (Lipinski definition) is 1. The van der Waals surface area contributed by atoms with Gasteiger partial charge in [-0.25, -0.2) is 4.39 Å². The van der Waals surface area contributed by atoms with Crippen molar-refractivity contribution in [3.63, 3.8) is 0 Å². The molecule has 0 amide bonds. The second-order valence-corrected chi connectivity index (χ2v) is 5.28. The van der Waals surface area contributed by atoms with Gasteiger partial charge in [0.2, 0.25) is 0 Å². The summed E-state index contributed by atoms with van der Waals surface area (Å²) in [7, 11) is 3.18. The first-order valence-corrected chi connectivity index (χ1v) is 7.33. The normalized spacial score (nSPS) is 10.6. The number of H-pyrrole nitrogens is 1. The Hall–Kier alpha value is -2.60. The second kappa shape index (κ2) is 6.26. The summed E-state index contributed by atoms with van der Waals surface area (Å²) in [6.45, 7) is 0. The predicted molar refractivity (Wildman–Crippen MR) is 89.5 cm³/mol. The third kappa shape index (κ3) is 2.98. The molecule has 3 aromatic rings. The molecule has 6 heteroatoms. The van der Waals surface area contributed by atoms with Crippen LogP contribution in [0, 0.1) is 10.6 Å². The van der Waals surface area contributed by atoms with E-state index >= 15 is 0 Å². The van der Waals surface area contributed by atoms with Crippen LogP contribution in [0.25, 0.3) is 16.9 Å². The summed E-state index contributed by atoms with van der Waals surface area (Å²) in [6.07, 6.45) is 1.87. The summed E-state index contributed by atoms with van der Waals surface area (Å²) in [5.74, 6) is 1.02.